The number of rotatable bonds is 5. The Labute approximate surface area is 165 Å². The summed E-state index contributed by atoms with van der Waals surface area (Å²) >= 11 is 1.61. The number of aromatic carboxylic acids is 1. The van der Waals surface area contributed by atoms with Crippen LogP contribution in [-0.4, -0.2) is 29.4 Å². The fourth-order valence-electron chi connectivity index (χ4n) is 3.65. The van der Waals surface area contributed by atoms with Gasteiger partial charge in [0.25, 0.3) is 0 Å². The molecule has 2 aromatic heterocycles. The van der Waals surface area contributed by atoms with E-state index in [2.05, 4.69) is 0 Å². The van der Waals surface area contributed by atoms with Crippen LogP contribution < -0.4 is 14.9 Å². The lowest BCUT2D eigenvalue weighted by Gasteiger charge is -2.31. The first kappa shape index (κ1) is 18.3. The number of hydrogen-bond donors (Lipinski definition) is 1. The molecule has 6 nitrogen and oxygen atoms in total. The molecule has 144 valence electrons. The molecule has 1 unspecified atom stereocenters. The van der Waals surface area contributed by atoms with Gasteiger partial charge in [0.2, 0.25) is 0 Å². The minimum absolute atomic E-state index is 0.0935. The highest BCUT2D eigenvalue weighted by Crippen LogP contribution is 2.43. The zero-order chi connectivity index (χ0) is 19.8. The van der Waals surface area contributed by atoms with Crippen molar-refractivity contribution in [2.24, 2.45) is 0 Å². The second-order valence-electron chi connectivity index (χ2n) is 6.48. The third kappa shape index (κ3) is 2.97. The van der Waals surface area contributed by atoms with Crippen LogP contribution in [0.5, 0.6) is 11.5 Å². The summed E-state index contributed by atoms with van der Waals surface area (Å²) in [6.45, 7) is 2.43. The molecule has 1 N–H and O–H groups in total. The van der Waals surface area contributed by atoms with Gasteiger partial charge in [-0.2, -0.15) is 0 Å². The Kier molecular flexibility index (Phi) is 4.68. The molecular formula is C21H19NO5S. The van der Waals surface area contributed by atoms with Gasteiger partial charge in [0.1, 0.15) is 5.56 Å². The molecule has 1 atom stereocenters. The lowest BCUT2D eigenvalue weighted by atomic mass is 9.91. The predicted octanol–water partition coefficient (Wildman–Crippen LogP) is 3.83. The van der Waals surface area contributed by atoms with E-state index in [9.17, 15) is 14.7 Å². The number of benzene rings is 1. The number of aromatic nitrogens is 1. The number of thiophene rings is 1. The van der Waals surface area contributed by atoms with E-state index in [1.807, 2.05) is 41.1 Å². The monoisotopic (exact) mass is 397 g/mol. The van der Waals surface area contributed by atoms with E-state index in [0.717, 1.165) is 16.0 Å². The standard InChI is InChI=1S/C21H19NO5S/c1-3-27-19-8-12-7-16(20-5-4-6-28-20)22-11-14(21(24)25)17(23)10-15(22)13(12)9-18(19)26-2/h4-6,8-11,16H,3,7H2,1-2H3,(H,24,25). The Bertz CT molecular complexity index is 1100. The zero-order valence-electron chi connectivity index (χ0n) is 15.5. The molecular weight excluding hydrogens is 378 g/mol. The average Bonchev–Trinajstić information content (AvgIpc) is 3.21. The lowest BCUT2D eigenvalue weighted by Crippen LogP contribution is -2.25. The van der Waals surface area contributed by atoms with Crippen LogP contribution in [0.15, 0.2) is 46.7 Å². The minimum atomic E-state index is -1.22. The van der Waals surface area contributed by atoms with Crippen molar-refractivity contribution in [1.82, 2.24) is 4.57 Å². The summed E-state index contributed by atoms with van der Waals surface area (Å²) in [7, 11) is 1.57. The van der Waals surface area contributed by atoms with Crippen LogP contribution in [0.4, 0.5) is 0 Å². The third-order valence-corrected chi connectivity index (χ3v) is 5.87. The summed E-state index contributed by atoms with van der Waals surface area (Å²) in [6, 6.07) is 9.12. The van der Waals surface area contributed by atoms with E-state index in [1.54, 1.807) is 18.4 Å². The van der Waals surface area contributed by atoms with E-state index in [-0.39, 0.29) is 11.6 Å². The van der Waals surface area contributed by atoms with Gasteiger partial charge in [-0.25, -0.2) is 4.79 Å². The number of carbonyl (C=O) groups is 1. The maximum atomic E-state index is 12.4. The summed E-state index contributed by atoms with van der Waals surface area (Å²) in [5.74, 6) is 0.0171. The molecule has 1 aliphatic heterocycles. The third-order valence-electron chi connectivity index (χ3n) is 4.90. The number of methoxy groups -OCH3 is 1. The van der Waals surface area contributed by atoms with Crippen molar-refractivity contribution < 1.29 is 19.4 Å². The minimum Gasteiger partial charge on any atom is -0.493 e. The second kappa shape index (κ2) is 7.16. The van der Waals surface area contributed by atoms with Gasteiger partial charge < -0.3 is 19.1 Å². The van der Waals surface area contributed by atoms with E-state index in [4.69, 9.17) is 9.47 Å². The summed E-state index contributed by atoms with van der Waals surface area (Å²) in [5, 5.41) is 11.4. The molecule has 3 heterocycles. The topological polar surface area (TPSA) is 77.8 Å². The Morgan fingerprint density at radius 3 is 2.79 bits per heavy atom. The van der Waals surface area contributed by atoms with Gasteiger partial charge in [-0.1, -0.05) is 6.07 Å². The molecule has 1 aliphatic rings. The Balaban J connectivity index is 1.98. The van der Waals surface area contributed by atoms with Crippen molar-refractivity contribution in [3.05, 3.63) is 68.1 Å². The molecule has 0 aliphatic carbocycles. The highest BCUT2D eigenvalue weighted by molar-refractivity contribution is 7.10. The molecule has 0 radical (unpaired) electrons. The number of ether oxygens (including phenoxy) is 2. The molecule has 0 saturated carbocycles. The molecule has 0 bridgehead atoms. The first-order chi connectivity index (χ1) is 13.5. The van der Waals surface area contributed by atoms with Crippen molar-refractivity contribution in [1.29, 1.82) is 0 Å². The quantitative estimate of drug-likeness (QED) is 0.708. The summed E-state index contributed by atoms with van der Waals surface area (Å²) < 4.78 is 13.1. The molecule has 3 aromatic rings. The van der Waals surface area contributed by atoms with Gasteiger partial charge in [0.05, 0.1) is 25.5 Å². The molecule has 4 rings (SSSR count). The number of nitrogens with zero attached hydrogens (tertiary/aromatic N) is 1. The maximum Gasteiger partial charge on any atom is 0.341 e. The molecule has 0 amide bonds. The Hall–Kier alpha value is -3.06. The highest BCUT2D eigenvalue weighted by atomic mass is 32.1. The molecule has 0 spiro atoms. The van der Waals surface area contributed by atoms with Crippen molar-refractivity contribution in [3.63, 3.8) is 0 Å². The second-order valence-corrected chi connectivity index (χ2v) is 7.46. The van der Waals surface area contributed by atoms with Crippen molar-refractivity contribution in [3.8, 4) is 22.8 Å². The smallest absolute Gasteiger partial charge is 0.341 e. The Morgan fingerprint density at radius 2 is 2.14 bits per heavy atom. The van der Waals surface area contributed by atoms with Crippen molar-refractivity contribution >= 4 is 17.3 Å². The van der Waals surface area contributed by atoms with Crippen LogP contribution in [0.2, 0.25) is 0 Å². The fourth-order valence-corrected chi connectivity index (χ4v) is 4.47. The molecule has 7 heteroatoms. The van der Waals surface area contributed by atoms with Gasteiger partial charge in [-0.15, -0.1) is 11.3 Å². The van der Waals surface area contributed by atoms with E-state index < -0.39 is 11.4 Å². The largest absolute Gasteiger partial charge is 0.493 e. The number of carboxylic acids is 1. The van der Waals surface area contributed by atoms with Gasteiger partial charge in [0.15, 0.2) is 16.9 Å². The summed E-state index contributed by atoms with van der Waals surface area (Å²) in [5.41, 5.74) is 1.82. The van der Waals surface area contributed by atoms with Crippen molar-refractivity contribution in [2.75, 3.05) is 13.7 Å². The number of pyridine rings is 1. The van der Waals surface area contributed by atoms with Crippen LogP contribution in [-0.2, 0) is 6.42 Å². The van der Waals surface area contributed by atoms with Gasteiger partial charge in [0, 0.05) is 22.7 Å². The normalized spacial score (nSPS) is 14.9. The van der Waals surface area contributed by atoms with Gasteiger partial charge in [-0.3, -0.25) is 4.79 Å². The Morgan fingerprint density at radius 1 is 1.32 bits per heavy atom. The maximum absolute atomic E-state index is 12.4. The zero-order valence-corrected chi connectivity index (χ0v) is 16.3. The molecule has 1 aromatic carbocycles. The predicted molar refractivity (Wildman–Crippen MR) is 107 cm³/mol. The first-order valence-corrected chi connectivity index (χ1v) is 9.78. The number of carboxylic acid groups (broad SMARTS) is 1. The van der Waals surface area contributed by atoms with Crippen LogP contribution in [0, 0.1) is 0 Å². The van der Waals surface area contributed by atoms with Crippen LogP contribution in [0.25, 0.3) is 11.3 Å². The first-order valence-electron chi connectivity index (χ1n) is 8.90. The van der Waals surface area contributed by atoms with Gasteiger partial charge >= 0.3 is 5.97 Å². The van der Waals surface area contributed by atoms with Gasteiger partial charge in [-0.05, 0) is 42.5 Å². The van der Waals surface area contributed by atoms with Crippen molar-refractivity contribution in [2.45, 2.75) is 19.4 Å². The summed E-state index contributed by atoms with van der Waals surface area (Å²) in [4.78, 5) is 25.0. The molecule has 28 heavy (non-hydrogen) atoms. The van der Waals surface area contributed by atoms with E-state index in [0.29, 0.717) is 30.2 Å². The van der Waals surface area contributed by atoms with E-state index >= 15 is 0 Å². The molecule has 0 fully saturated rings. The number of hydrogen-bond acceptors (Lipinski definition) is 5. The number of fused-ring (bicyclic) bond motifs is 3. The molecule has 0 saturated heterocycles. The van der Waals surface area contributed by atoms with Crippen LogP contribution >= 0.6 is 11.3 Å². The lowest BCUT2D eigenvalue weighted by molar-refractivity contribution is 0.0694. The highest BCUT2D eigenvalue weighted by Gasteiger charge is 2.29. The SMILES string of the molecule is CCOc1cc2c(cc1OC)-c1cc(=O)c(C(=O)O)cn1C(c1cccs1)C2. The average molecular weight is 397 g/mol. The fraction of sp³-hybridized carbons (Fsp3) is 0.238. The van der Waals surface area contributed by atoms with Crippen LogP contribution in [0.1, 0.15) is 33.8 Å². The van der Waals surface area contributed by atoms with Crippen LogP contribution in [0.3, 0.4) is 0 Å². The summed E-state index contributed by atoms with van der Waals surface area (Å²) in [6.07, 6.45) is 2.12. The van der Waals surface area contributed by atoms with E-state index in [1.165, 1.54) is 12.3 Å².